The van der Waals surface area contributed by atoms with E-state index >= 15 is 0 Å². The van der Waals surface area contributed by atoms with Crippen molar-refractivity contribution in [2.45, 2.75) is 56.7 Å². The number of carbonyl (C=O) groups is 4. The van der Waals surface area contributed by atoms with E-state index in [4.69, 9.17) is 11.5 Å². The first kappa shape index (κ1) is 30.9. The number of nitrogens with one attached hydrogen (secondary N) is 1. The van der Waals surface area contributed by atoms with Crippen LogP contribution in [0.5, 0.6) is 0 Å². The third kappa shape index (κ3) is 7.49. The Balaban J connectivity index is 1.23. The van der Waals surface area contributed by atoms with Crippen LogP contribution in [0.25, 0.3) is 10.4 Å². The van der Waals surface area contributed by atoms with Crippen molar-refractivity contribution in [3.63, 3.8) is 0 Å². The van der Waals surface area contributed by atoms with Crippen LogP contribution in [0, 0.1) is 0 Å². The molecule has 0 bridgehead atoms. The molecule has 3 amide bonds. The number of aromatic nitrogens is 1. The Bertz CT molecular complexity index is 1510. The molecule has 230 valence electrons. The van der Waals surface area contributed by atoms with E-state index in [-0.39, 0.29) is 42.1 Å². The van der Waals surface area contributed by atoms with Crippen LogP contribution < -0.4 is 16.8 Å². The van der Waals surface area contributed by atoms with Gasteiger partial charge in [0.2, 0.25) is 23.5 Å². The Kier molecular flexibility index (Phi) is 10.0. The van der Waals surface area contributed by atoms with Gasteiger partial charge in [-0.1, -0.05) is 60.7 Å². The van der Waals surface area contributed by atoms with E-state index in [1.54, 1.807) is 16.0 Å². The van der Waals surface area contributed by atoms with Crippen molar-refractivity contribution >= 4 is 40.8 Å². The molecule has 0 aliphatic carbocycles. The number of hydrogen-bond donors (Lipinski definition) is 3. The number of thiazole rings is 1. The van der Waals surface area contributed by atoms with Gasteiger partial charge in [-0.15, -0.1) is 11.3 Å². The number of carbonyl (C=O) groups excluding carboxylic acids is 4. The summed E-state index contributed by atoms with van der Waals surface area (Å²) in [5.41, 5.74) is 12.9. The van der Waals surface area contributed by atoms with Gasteiger partial charge in [0.05, 0.1) is 23.5 Å². The minimum Gasteiger partial charge on any atom is -0.370 e. The first-order valence-electron chi connectivity index (χ1n) is 14.8. The summed E-state index contributed by atoms with van der Waals surface area (Å²) in [6, 6.07) is 17.6. The smallest absolute Gasteiger partial charge is 0.243 e. The Morgan fingerprint density at radius 3 is 2.50 bits per heavy atom. The van der Waals surface area contributed by atoms with Crippen LogP contribution in [0.15, 0.2) is 71.9 Å². The molecule has 5 rings (SSSR count). The molecule has 0 saturated carbocycles. The molecule has 1 aromatic heterocycles. The maximum atomic E-state index is 13.6. The molecule has 2 aliphatic heterocycles. The van der Waals surface area contributed by atoms with Crippen LogP contribution in [0.4, 0.5) is 0 Å². The number of benzene rings is 2. The second kappa shape index (κ2) is 14.3. The fourth-order valence-corrected chi connectivity index (χ4v) is 6.73. The number of aliphatic imine (C=N–C) groups is 1. The molecule has 5 N–H and O–H groups in total. The topological polar surface area (TPSA) is 164 Å². The van der Waals surface area contributed by atoms with Gasteiger partial charge in [-0.2, -0.15) is 0 Å². The number of amides is 3. The van der Waals surface area contributed by atoms with E-state index in [0.717, 1.165) is 16.0 Å². The first-order valence-corrected chi connectivity index (χ1v) is 15.7. The van der Waals surface area contributed by atoms with Crippen molar-refractivity contribution in [1.29, 1.82) is 0 Å². The van der Waals surface area contributed by atoms with E-state index in [9.17, 15) is 19.2 Å². The van der Waals surface area contributed by atoms with Crippen molar-refractivity contribution in [3.8, 4) is 10.4 Å². The average Bonchev–Trinajstić information content (AvgIpc) is 3.70. The fraction of sp³-hybridized carbons (Fsp3) is 0.375. The molecule has 0 radical (unpaired) electrons. The van der Waals surface area contributed by atoms with Crippen LogP contribution in [-0.2, 0) is 20.8 Å². The number of rotatable bonds is 12. The number of ketones is 1. The summed E-state index contributed by atoms with van der Waals surface area (Å²) in [4.78, 5) is 65.9. The zero-order valence-electron chi connectivity index (χ0n) is 24.4. The van der Waals surface area contributed by atoms with Crippen molar-refractivity contribution in [2.75, 3.05) is 19.6 Å². The van der Waals surface area contributed by atoms with E-state index in [1.807, 2.05) is 60.7 Å². The molecule has 2 saturated heterocycles. The predicted octanol–water partition coefficient (Wildman–Crippen LogP) is 2.37. The minimum atomic E-state index is -0.860. The number of Topliss-reactive ketones (excluding diaryl/α,β-unsaturated/α-hetero) is 1. The molecule has 2 fully saturated rings. The van der Waals surface area contributed by atoms with Crippen molar-refractivity contribution < 1.29 is 19.2 Å². The van der Waals surface area contributed by atoms with E-state index in [1.165, 1.54) is 11.3 Å². The van der Waals surface area contributed by atoms with Gasteiger partial charge < -0.3 is 26.6 Å². The van der Waals surface area contributed by atoms with Crippen LogP contribution in [0.3, 0.4) is 0 Å². The van der Waals surface area contributed by atoms with Crippen molar-refractivity contribution in [3.05, 3.63) is 77.4 Å². The average molecular weight is 616 g/mol. The van der Waals surface area contributed by atoms with E-state index < -0.39 is 12.1 Å². The van der Waals surface area contributed by atoms with Gasteiger partial charge in [-0.25, -0.2) is 4.98 Å². The Labute approximate surface area is 260 Å². The lowest BCUT2D eigenvalue weighted by atomic mass is 10.1. The molecule has 2 aliphatic rings. The molecule has 3 atom stereocenters. The number of aryl methyl sites for hydroxylation is 1. The van der Waals surface area contributed by atoms with Crippen molar-refractivity contribution in [2.24, 2.45) is 16.5 Å². The van der Waals surface area contributed by atoms with E-state index in [0.29, 0.717) is 56.6 Å². The molecule has 44 heavy (non-hydrogen) atoms. The van der Waals surface area contributed by atoms with Crippen LogP contribution in [0.2, 0.25) is 0 Å². The monoisotopic (exact) mass is 615 g/mol. The second-order valence-electron chi connectivity index (χ2n) is 11.1. The summed E-state index contributed by atoms with van der Waals surface area (Å²) in [5.74, 6) is -1.05. The normalized spacial score (nSPS) is 18.4. The quantitative estimate of drug-likeness (QED) is 0.122. The molecule has 11 nitrogen and oxygen atoms in total. The zero-order chi connectivity index (χ0) is 31.1. The number of hydrogen-bond acceptors (Lipinski definition) is 7. The number of fused-ring (bicyclic) bond motifs is 1. The second-order valence-corrected chi connectivity index (χ2v) is 12.1. The van der Waals surface area contributed by atoms with Gasteiger partial charge in [0.1, 0.15) is 6.04 Å². The number of guanidine groups is 1. The summed E-state index contributed by atoms with van der Waals surface area (Å²) in [6.45, 7) is 0.640. The minimum absolute atomic E-state index is 0.0439. The standard InChI is InChI=1S/C32H37N7O4S/c33-32(34)35-17-7-12-24(29(42)31-36-18-26(44-31)22-10-5-2-6-11-22)37-30(43)25-15-14-23-19-38(20-28(41)39(23)25)27(40)16-13-21-8-3-1-4-9-21/h1-6,8-11,18,23-25H,7,12-17,19-20H2,(H,37,43)(H4,33,34,35). The van der Waals surface area contributed by atoms with Crippen LogP contribution >= 0.6 is 11.3 Å². The summed E-state index contributed by atoms with van der Waals surface area (Å²) in [6.07, 6.45) is 4.40. The number of nitrogens with two attached hydrogens (primary N) is 2. The van der Waals surface area contributed by atoms with Crippen LogP contribution in [-0.4, -0.2) is 82.0 Å². The lowest BCUT2D eigenvalue weighted by Gasteiger charge is -2.39. The number of nitrogens with zero attached hydrogens (tertiary/aromatic N) is 4. The molecule has 12 heteroatoms. The van der Waals surface area contributed by atoms with E-state index in [2.05, 4.69) is 15.3 Å². The highest BCUT2D eigenvalue weighted by Crippen LogP contribution is 2.30. The SMILES string of the molecule is NC(N)=NCCCC(NC(=O)C1CCC2CN(C(=O)CCc3ccccc3)CC(=O)N21)C(=O)c1ncc(-c2ccccc2)s1. The Morgan fingerprint density at radius 2 is 1.77 bits per heavy atom. The summed E-state index contributed by atoms with van der Waals surface area (Å²) in [5, 5.41) is 3.20. The lowest BCUT2D eigenvalue weighted by Crippen LogP contribution is -2.60. The highest BCUT2D eigenvalue weighted by molar-refractivity contribution is 7.17. The number of piperazine rings is 1. The first-order chi connectivity index (χ1) is 21.3. The van der Waals surface area contributed by atoms with Gasteiger partial charge in [0.15, 0.2) is 11.0 Å². The molecule has 0 spiro atoms. The highest BCUT2D eigenvalue weighted by Gasteiger charge is 2.46. The molecule has 3 aromatic rings. The van der Waals surface area contributed by atoms with Crippen molar-refractivity contribution in [1.82, 2.24) is 20.1 Å². The Hall–Kier alpha value is -4.58. The predicted molar refractivity (Wildman–Crippen MR) is 169 cm³/mol. The maximum absolute atomic E-state index is 13.6. The third-order valence-corrected chi connectivity index (χ3v) is 9.09. The van der Waals surface area contributed by atoms with Gasteiger partial charge in [0.25, 0.3) is 0 Å². The van der Waals surface area contributed by atoms with Gasteiger partial charge >= 0.3 is 0 Å². The molecule has 3 heterocycles. The fourth-order valence-electron chi connectivity index (χ4n) is 5.82. The molecule has 3 unspecified atom stereocenters. The van der Waals surface area contributed by atoms with Gasteiger partial charge in [0, 0.05) is 25.7 Å². The largest absolute Gasteiger partial charge is 0.370 e. The molecular weight excluding hydrogens is 578 g/mol. The maximum Gasteiger partial charge on any atom is 0.243 e. The summed E-state index contributed by atoms with van der Waals surface area (Å²) < 4.78 is 0. The van der Waals surface area contributed by atoms with Gasteiger partial charge in [-0.05, 0) is 43.2 Å². The molecular formula is C32H37N7O4S. The highest BCUT2D eigenvalue weighted by atomic mass is 32.1. The van der Waals surface area contributed by atoms with Crippen LogP contribution in [0.1, 0.15) is 47.5 Å². The van der Waals surface area contributed by atoms with Gasteiger partial charge in [-0.3, -0.25) is 24.2 Å². The molecule has 2 aromatic carbocycles. The summed E-state index contributed by atoms with van der Waals surface area (Å²) in [7, 11) is 0. The lowest BCUT2D eigenvalue weighted by molar-refractivity contribution is -0.151. The summed E-state index contributed by atoms with van der Waals surface area (Å²) >= 11 is 1.27. The zero-order valence-corrected chi connectivity index (χ0v) is 25.2. The third-order valence-electron chi connectivity index (χ3n) is 8.03. The Morgan fingerprint density at radius 1 is 1.05 bits per heavy atom.